The molecule has 0 bridgehead atoms. The van der Waals surface area contributed by atoms with Crippen LogP contribution in [-0.4, -0.2) is 105 Å². The van der Waals surface area contributed by atoms with E-state index in [2.05, 4.69) is 30.2 Å². The molecule has 39 heavy (non-hydrogen) atoms. The molecule has 4 rings (SSSR count). The molecule has 4 N–H and O–H groups in total. The van der Waals surface area contributed by atoms with Crippen LogP contribution < -0.4 is 11.1 Å². The first-order chi connectivity index (χ1) is 18.7. The van der Waals surface area contributed by atoms with Crippen LogP contribution in [-0.2, 0) is 30.6 Å². The van der Waals surface area contributed by atoms with Crippen LogP contribution in [0.3, 0.4) is 0 Å². The Morgan fingerprint density at radius 1 is 1.33 bits per heavy atom. The smallest absolute Gasteiger partial charge is 0.313 e. The van der Waals surface area contributed by atoms with Crippen molar-refractivity contribution in [1.82, 2.24) is 45.0 Å². The van der Waals surface area contributed by atoms with E-state index in [-0.39, 0.29) is 48.1 Å². The monoisotopic (exact) mass is 602 g/mol. The van der Waals surface area contributed by atoms with Crippen molar-refractivity contribution in [2.45, 2.75) is 56.4 Å². The lowest BCUT2D eigenvalue weighted by Crippen LogP contribution is -2.74. The van der Waals surface area contributed by atoms with Crippen molar-refractivity contribution in [2.75, 3.05) is 37.0 Å². The number of β-lactam (4-membered cyclic amide) rings is 1. The number of carbonyl (C=O) groups excluding carboxylic acids is 2. The summed E-state index contributed by atoms with van der Waals surface area (Å²) in [6.45, 7) is 6.49. The number of aryl methyl sites for hydroxylation is 1. The molecule has 0 aliphatic carbocycles. The minimum absolute atomic E-state index is 0.00513. The predicted octanol–water partition coefficient (Wildman–Crippen LogP) is 0.0261. The zero-order valence-corrected chi connectivity index (χ0v) is 24.0. The summed E-state index contributed by atoms with van der Waals surface area (Å²) in [7, 11) is 0. The number of tetrazole rings is 1. The summed E-state index contributed by atoms with van der Waals surface area (Å²) in [6.07, 6.45) is 0.829. The first-order valence-corrected chi connectivity index (χ1v) is 15.0. The van der Waals surface area contributed by atoms with Gasteiger partial charge in [0.2, 0.25) is 17.1 Å². The fraction of sp³-hybridized carbons (Fsp3) is 0.700. The lowest BCUT2D eigenvalue weighted by Gasteiger charge is -2.53. The number of carboxylic acids is 1. The Kier molecular flexibility index (Phi) is 9.60. The van der Waals surface area contributed by atoms with Gasteiger partial charge < -0.3 is 21.1 Å². The van der Waals surface area contributed by atoms with Crippen LogP contribution in [0.1, 0.15) is 39.1 Å². The van der Waals surface area contributed by atoms with Crippen molar-refractivity contribution < 1.29 is 29.2 Å². The summed E-state index contributed by atoms with van der Waals surface area (Å²) in [5.74, 6) is -1.50. The van der Waals surface area contributed by atoms with Crippen LogP contribution in [0, 0.1) is 5.41 Å². The quantitative estimate of drug-likeness (QED) is 0.148. The van der Waals surface area contributed by atoms with Gasteiger partial charge in [-0.15, -0.1) is 16.9 Å². The second kappa shape index (κ2) is 12.7. The average molecular weight is 603 g/mol. The number of nitrogens with zero attached hydrogens (tertiary/aromatic N) is 8. The van der Waals surface area contributed by atoms with Crippen LogP contribution in [0.2, 0.25) is 0 Å². The van der Waals surface area contributed by atoms with Crippen molar-refractivity contribution in [3.05, 3.63) is 5.82 Å². The first-order valence-electron chi connectivity index (χ1n) is 12.2. The maximum absolute atomic E-state index is 13.4. The number of nitrogens with one attached hydrogen (secondary N) is 1. The van der Waals surface area contributed by atoms with Crippen molar-refractivity contribution >= 4 is 58.0 Å². The largest absolute Gasteiger partial charge is 0.481 e. The second-order valence-corrected chi connectivity index (χ2v) is 11.6. The molecule has 0 spiro atoms. The number of nitrogen functional groups attached to an aromatic ring is 1. The lowest BCUT2D eigenvalue weighted by molar-refractivity contribution is -0.382. The van der Waals surface area contributed by atoms with E-state index < -0.39 is 34.7 Å². The van der Waals surface area contributed by atoms with Crippen LogP contribution >= 0.6 is 35.1 Å². The van der Waals surface area contributed by atoms with Crippen molar-refractivity contribution in [1.29, 1.82) is 0 Å². The molecule has 2 saturated heterocycles. The molecule has 0 radical (unpaired) electrons. The number of amides is 2. The summed E-state index contributed by atoms with van der Waals surface area (Å²) >= 11 is 3.48. The topological polar surface area (TPSA) is 204 Å². The highest BCUT2D eigenvalue weighted by Crippen LogP contribution is 2.44. The molecule has 0 saturated carbocycles. The fourth-order valence-electron chi connectivity index (χ4n) is 4.10. The molecule has 3 unspecified atom stereocenters. The predicted molar refractivity (Wildman–Crippen MR) is 141 cm³/mol. The molecule has 2 aliphatic heterocycles. The average Bonchev–Trinajstić information content (AvgIpc) is 3.55. The van der Waals surface area contributed by atoms with Gasteiger partial charge in [0.05, 0.1) is 13.2 Å². The molecule has 2 amide bonds. The third kappa shape index (κ3) is 6.12. The first kappa shape index (κ1) is 29.4. The van der Waals surface area contributed by atoms with Gasteiger partial charge in [-0.1, -0.05) is 18.7 Å². The Bertz CT molecular complexity index is 1180. The van der Waals surface area contributed by atoms with E-state index in [4.69, 9.17) is 15.4 Å². The molecule has 2 aromatic rings. The van der Waals surface area contributed by atoms with Gasteiger partial charge in [-0.3, -0.25) is 24.1 Å². The van der Waals surface area contributed by atoms with Crippen LogP contribution in [0.25, 0.3) is 0 Å². The minimum Gasteiger partial charge on any atom is -0.481 e. The number of nitrogens with two attached hydrogens (primary N) is 1. The number of fused-ring (bicyclic) bond motifs is 1. The molecule has 2 aromatic heterocycles. The molecule has 4 atom stereocenters. The summed E-state index contributed by atoms with van der Waals surface area (Å²) in [6, 6.07) is -2.07. The lowest BCUT2D eigenvalue weighted by atomic mass is 9.89. The zero-order valence-electron chi connectivity index (χ0n) is 21.6. The Hall–Kier alpha value is -2.58. The zero-order chi connectivity index (χ0) is 28.2. The number of carbonyl (C=O) groups is 3. The van der Waals surface area contributed by atoms with E-state index in [0.29, 0.717) is 11.7 Å². The number of hydroxylamine groups is 2. The van der Waals surface area contributed by atoms with Gasteiger partial charge in [0, 0.05) is 36.1 Å². The van der Waals surface area contributed by atoms with E-state index in [9.17, 15) is 19.5 Å². The number of carboxylic acid groups (broad SMARTS) is 1. The van der Waals surface area contributed by atoms with E-state index in [0.717, 1.165) is 23.2 Å². The highest BCUT2D eigenvalue weighted by Gasteiger charge is 2.58. The minimum atomic E-state index is -1.21. The normalized spacial score (nSPS) is 23.4. The van der Waals surface area contributed by atoms with Gasteiger partial charge in [0.15, 0.2) is 11.0 Å². The molecule has 0 aromatic carbocycles. The number of hydrogen-bond acceptors (Lipinski definition) is 15. The van der Waals surface area contributed by atoms with Crippen LogP contribution in [0.4, 0.5) is 5.13 Å². The van der Waals surface area contributed by atoms with Crippen LogP contribution in [0.5, 0.6) is 0 Å². The van der Waals surface area contributed by atoms with Crippen molar-refractivity contribution in [3.63, 3.8) is 0 Å². The van der Waals surface area contributed by atoms with Gasteiger partial charge >= 0.3 is 5.97 Å². The molecule has 4 heterocycles. The SMILES string of the molecule is CCCn1nnnc1SCC1(C(=O)O)CS[C@@H]2C(NC(=O)C(c3nsc(N)n3)N(OCC)OCC)C(=O)N2C1. The molecular weight excluding hydrogens is 572 g/mol. The third-order valence-electron chi connectivity index (χ3n) is 5.98. The molecule has 19 heteroatoms. The number of aliphatic carboxylic acids is 1. The molecule has 2 aliphatic rings. The number of aromatic nitrogens is 6. The maximum Gasteiger partial charge on any atom is 0.313 e. The van der Waals surface area contributed by atoms with Crippen molar-refractivity contribution in [2.24, 2.45) is 5.41 Å². The van der Waals surface area contributed by atoms with Gasteiger partial charge in [-0.25, -0.2) is 9.67 Å². The van der Waals surface area contributed by atoms with Gasteiger partial charge in [0.25, 0.3) is 5.91 Å². The molecule has 214 valence electrons. The second-order valence-electron chi connectivity index (χ2n) is 8.73. The van der Waals surface area contributed by atoms with Gasteiger partial charge in [-0.2, -0.15) is 4.37 Å². The standard InChI is InChI=1S/C20H30N10O6S3/c1-4-7-29-19(24-26-27-29)38-10-20(17(33)34)8-28-15(32)11(16(28)37-9-20)22-14(31)12(13-23-18(21)39-25-13)30(35-5-2)36-6-3/h11-12,16H,4-10H2,1-3H3,(H,22,31)(H,33,34)(H2,21,23,25)/t11?,12?,16-,20?/m1/s1. The Labute approximate surface area is 236 Å². The van der Waals surface area contributed by atoms with Gasteiger partial charge in [0.1, 0.15) is 16.8 Å². The van der Waals surface area contributed by atoms with E-state index in [1.807, 2.05) is 6.92 Å². The summed E-state index contributed by atoms with van der Waals surface area (Å²) < 4.78 is 5.76. The summed E-state index contributed by atoms with van der Waals surface area (Å²) in [5.41, 5.74) is 4.52. The highest BCUT2D eigenvalue weighted by molar-refractivity contribution is 8.00. The highest BCUT2D eigenvalue weighted by atomic mass is 32.2. The summed E-state index contributed by atoms with van der Waals surface area (Å²) in [5, 5.41) is 25.8. The van der Waals surface area contributed by atoms with Gasteiger partial charge in [-0.05, 0) is 35.9 Å². The molecular formula is C20H30N10O6S3. The number of thioether (sulfide) groups is 2. The van der Waals surface area contributed by atoms with E-state index in [1.165, 1.54) is 28.4 Å². The number of rotatable bonds is 14. The fourth-order valence-corrected chi connectivity index (χ4v) is 7.33. The summed E-state index contributed by atoms with van der Waals surface area (Å²) in [4.78, 5) is 55.5. The van der Waals surface area contributed by atoms with E-state index >= 15 is 0 Å². The molecule has 16 nitrogen and oxygen atoms in total. The Morgan fingerprint density at radius 2 is 2.08 bits per heavy atom. The van der Waals surface area contributed by atoms with Crippen molar-refractivity contribution in [3.8, 4) is 0 Å². The van der Waals surface area contributed by atoms with Crippen LogP contribution in [0.15, 0.2) is 5.16 Å². The number of hydrogen-bond donors (Lipinski definition) is 3. The maximum atomic E-state index is 13.4. The Balaban J connectivity index is 1.44. The Morgan fingerprint density at radius 3 is 2.69 bits per heavy atom. The molecule has 2 fully saturated rings. The third-order valence-corrected chi connectivity index (χ3v) is 9.37. The van der Waals surface area contributed by atoms with E-state index in [1.54, 1.807) is 18.5 Å². The number of anilines is 1.